The number of rotatable bonds is 9. The summed E-state index contributed by atoms with van der Waals surface area (Å²) in [5.74, 6) is -1.43. The van der Waals surface area contributed by atoms with Crippen LogP contribution in [-0.2, 0) is 0 Å². The number of ketones is 1. The SMILES string of the molecule is CC(=O)c1sc(NCCCCN(C)C(C)C)nc1C(=O)O. The molecule has 0 aliphatic heterocycles. The number of carbonyl (C=O) groups excluding carboxylic acids is 1. The number of Topliss-reactive ketones (excluding diaryl/α,β-unsaturated/α-hetero) is 1. The first-order chi connectivity index (χ1) is 9.82. The van der Waals surface area contributed by atoms with E-state index in [1.807, 2.05) is 0 Å². The van der Waals surface area contributed by atoms with E-state index in [9.17, 15) is 9.59 Å². The molecule has 0 amide bonds. The molecule has 0 aliphatic carbocycles. The van der Waals surface area contributed by atoms with Crippen LogP contribution in [0.1, 0.15) is 53.8 Å². The van der Waals surface area contributed by atoms with Gasteiger partial charge in [-0.05, 0) is 40.3 Å². The van der Waals surface area contributed by atoms with Crippen LogP contribution in [0.25, 0.3) is 0 Å². The Morgan fingerprint density at radius 1 is 1.38 bits per heavy atom. The quantitative estimate of drug-likeness (QED) is 0.538. The second-order valence-electron chi connectivity index (χ2n) is 5.27. The number of unbranched alkanes of at least 4 members (excludes halogenated alkanes) is 1. The molecule has 0 aliphatic rings. The number of nitrogens with zero attached hydrogens (tertiary/aromatic N) is 2. The van der Waals surface area contributed by atoms with Gasteiger partial charge in [-0.3, -0.25) is 4.79 Å². The van der Waals surface area contributed by atoms with Crippen molar-refractivity contribution in [1.82, 2.24) is 9.88 Å². The van der Waals surface area contributed by atoms with Crippen molar-refractivity contribution in [1.29, 1.82) is 0 Å². The van der Waals surface area contributed by atoms with Crippen molar-refractivity contribution in [2.75, 3.05) is 25.5 Å². The summed E-state index contributed by atoms with van der Waals surface area (Å²) in [5.41, 5.74) is -0.158. The smallest absolute Gasteiger partial charge is 0.356 e. The molecular weight excluding hydrogens is 290 g/mol. The molecule has 1 aromatic heterocycles. The lowest BCUT2D eigenvalue weighted by atomic mass is 10.2. The molecule has 0 atom stereocenters. The maximum Gasteiger partial charge on any atom is 0.356 e. The van der Waals surface area contributed by atoms with Gasteiger partial charge < -0.3 is 15.3 Å². The summed E-state index contributed by atoms with van der Waals surface area (Å²) in [7, 11) is 2.09. The molecular formula is C14H23N3O3S. The number of aromatic carboxylic acids is 1. The fourth-order valence-corrected chi connectivity index (χ4v) is 2.60. The predicted molar refractivity (Wildman–Crippen MR) is 84.6 cm³/mol. The average molecular weight is 313 g/mol. The third kappa shape index (κ3) is 5.43. The van der Waals surface area contributed by atoms with Crippen LogP contribution in [-0.4, -0.2) is 52.9 Å². The van der Waals surface area contributed by atoms with E-state index in [-0.39, 0.29) is 16.4 Å². The van der Waals surface area contributed by atoms with Crippen molar-refractivity contribution in [3.05, 3.63) is 10.6 Å². The number of hydrogen-bond acceptors (Lipinski definition) is 6. The standard InChI is InChI=1S/C14H23N3O3S/c1-9(2)17(4)8-6-5-7-15-14-16-11(13(19)20)12(21-14)10(3)18/h9H,5-8H2,1-4H3,(H,15,16)(H,19,20). The van der Waals surface area contributed by atoms with E-state index in [0.717, 1.165) is 37.3 Å². The lowest BCUT2D eigenvalue weighted by Crippen LogP contribution is -2.27. The summed E-state index contributed by atoms with van der Waals surface area (Å²) >= 11 is 1.10. The minimum Gasteiger partial charge on any atom is -0.476 e. The van der Waals surface area contributed by atoms with E-state index in [1.165, 1.54) is 6.92 Å². The molecule has 0 spiro atoms. The molecule has 0 bridgehead atoms. The number of thiazole rings is 1. The van der Waals surface area contributed by atoms with Gasteiger partial charge in [-0.1, -0.05) is 11.3 Å². The van der Waals surface area contributed by atoms with Crippen LogP contribution < -0.4 is 5.32 Å². The molecule has 118 valence electrons. The predicted octanol–water partition coefficient (Wildman–Crippen LogP) is 2.58. The van der Waals surface area contributed by atoms with Gasteiger partial charge in [0.1, 0.15) is 4.88 Å². The van der Waals surface area contributed by atoms with Gasteiger partial charge in [0.05, 0.1) is 0 Å². The number of aromatic nitrogens is 1. The van der Waals surface area contributed by atoms with E-state index < -0.39 is 5.97 Å². The lowest BCUT2D eigenvalue weighted by Gasteiger charge is -2.20. The highest BCUT2D eigenvalue weighted by molar-refractivity contribution is 7.17. The number of carboxylic acids is 1. The van der Waals surface area contributed by atoms with Crippen molar-refractivity contribution in [3.8, 4) is 0 Å². The van der Waals surface area contributed by atoms with E-state index in [0.29, 0.717) is 11.2 Å². The Morgan fingerprint density at radius 2 is 2.05 bits per heavy atom. The topological polar surface area (TPSA) is 82.5 Å². The van der Waals surface area contributed by atoms with Gasteiger partial charge >= 0.3 is 5.97 Å². The molecule has 6 nitrogen and oxygen atoms in total. The number of hydrogen-bond donors (Lipinski definition) is 2. The zero-order valence-corrected chi connectivity index (χ0v) is 13.8. The van der Waals surface area contributed by atoms with Gasteiger partial charge in [0.2, 0.25) is 0 Å². The van der Waals surface area contributed by atoms with Crippen LogP contribution in [0.2, 0.25) is 0 Å². The van der Waals surface area contributed by atoms with Crippen molar-refractivity contribution < 1.29 is 14.7 Å². The van der Waals surface area contributed by atoms with Gasteiger partial charge in [-0.15, -0.1) is 0 Å². The largest absolute Gasteiger partial charge is 0.476 e. The van der Waals surface area contributed by atoms with E-state index in [4.69, 9.17) is 5.11 Å². The minimum atomic E-state index is -1.16. The summed E-state index contributed by atoms with van der Waals surface area (Å²) in [4.78, 5) is 28.8. The number of carbonyl (C=O) groups is 2. The van der Waals surface area contributed by atoms with E-state index in [1.54, 1.807) is 0 Å². The Hall–Kier alpha value is -1.47. The first kappa shape index (κ1) is 17.6. The first-order valence-electron chi connectivity index (χ1n) is 7.02. The molecule has 1 aromatic rings. The van der Waals surface area contributed by atoms with Gasteiger partial charge in [0.25, 0.3) is 0 Å². The van der Waals surface area contributed by atoms with E-state index in [2.05, 4.69) is 36.1 Å². The van der Waals surface area contributed by atoms with Crippen molar-refractivity contribution >= 4 is 28.2 Å². The zero-order valence-electron chi connectivity index (χ0n) is 13.0. The fourth-order valence-electron chi connectivity index (χ4n) is 1.72. The van der Waals surface area contributed by atoms with Crippen LogP contribution in [0.3, 0.4) is 0 Å². The summed E-state index contributed by atoms with van der Waals surface area (Å²) in [6, 6.07) is 0.535. The van der Waals surface area contributed by atoms with Crippen molar-refractivity contribution in [3.63, 3.8) is 0 Å². The summed E-state index contributed by atoms with van der Waals surface area (Å²) in [5, 5.41) is 12.6. The molecule has 1 rings (SSSR count). The summed E-state index contributed by atoms with van der Waals surface area (Å²) in [6.07, 6.45) is 2.02. The number of carboxylic acid groups (broad SMARTS) is 1. The normalized spacial score (nSPS) is 11.1. The van der Waals surface area contributed by atoms with Crippen LogP contribution in [0.4, 0.5) is 5.13 Å². The van der Waals surface area contributed by atoms with Crippen LogP contribution >= 0.6 is 11.3 Å². The Balaban J connectivity index is 2.44. The molecule has 0 saturated heterocycles. The fraction of sp³-hybridized carbons (Fsp3) is 0.643. The lowest BCUT2D eigenvalue weighted by molar-refractivity contribution is 0.0687. The molecule has 0 unspecified atom stereocenters. The van der Waals surface area contributed by atoms with Crippen molar-refractivity contribution in [2.24, 2.45) is 0 Å². The number of nitrogens with one attached hydrogen (secondary N) is 1. The van der Waals surface area contributed by atoms with Gasteiger partial charge in [0.15, 0.2) is 16.6 Å². The molecule has 21 heavy (non-hydrogen) atoms. The zero-order chi connectivity index (χ0) is 16.0. The third-order valence-electron chi connectivity index (χ3n) is 3.24. The first-order valence-corrected chi connectivity index (χ1v) is 7.83. The highest BCUT2D eigenvalue weighted by Crippen LogP contribution is 2.23. The van der Waals surface area contributed by atoms with Crippen LogP contribution in [0.5, 0.6) is 0 Å². The highest BCUT2D eigenvalue weighted by Gasteiger charge is 2.20. The minimum absolute atomic E-state index is 0.158. The van der Waals surface area contributed by atoms with Gasteiger partial charge in [-0.25, -0.2) is 9.78 Å². The Bertz CT molecular complexity index is 468. The van der Waals surface area contributed by atoms with Crippen molar-refractivity contribution in [2.45, 2.75) is 39.7 Å². The maximum absolute atomic E-state index is 11.4. The summed E-state index contributed by atoms with van der Waals surface area (Å²) in [6.45, 7) is 7.41. The Morgan fingerprint density at radius 3 is 2.52 bits per heavy atom. The van der Waals surface area contributed by atoms with Crippen LogP contribution in [0, 0.1) is 0 Å². The molecule has 0 saturated carbocycles. The van der Waals surface area contributed by atoms with Gasteiger partial charge in [-0.2, -0.15) is 0 Å². The monoisotopic (exact) mass is 313 g/mol. The van der Waals surface area contributed by atoms with Crippen LogP contribution in [0.15, 0.2) is 0 Å². The second kappa shape index (κ2) is 8.09. The molecule has 2 N–H and O–H groups in total. The molecule has 0 aromatic carbocycles. The number of anilines is 1. The summed E-state index contributed by atoms with van der Waals surface area (Å²) < 4.78 is 0. The molecule has 0 fully saturated rings. The van der Waals surface area contributed by atoms with E-state index >= 15 is 0 Å². The second-order valence-corrected chi connectivity index (χ2v) is 6.27. The highest BCUT2D eigenvalue weighted by atomic mass is 32.1. The average Bonchev–Trinajstić information content (AvgIpc) is 2.82. The molecule has 7 heteroatoms. The molecule has 0 radical (unpaired) electrons. The third-order valence-corrected chi connectivity index (χ3v) is 4.36. The Labute approximate surface area is 129 Å². The maximum atomic E-state index is 11.4. The Kier molecular flexibility index (Phi) is 6.77. The molecule has 1 heterocycles. The van der Waals surface area contributed by atoms with Gasteiger partial charge in [0, 0.05) is 19.5 Å².